The molecule has 0 aliphatic rings. The smallest absolute Gasteiger partial charge is 0.261 e. The molecular weight excluding hydrogens is 365 g/mol. The maximum atomic E-state index is 14.5. The van der Waals surface area contributed by atoms with Crippen molar-refractivity contribution in [2.24, 2.45) is 0 Å². The number of hydrogen-bond acceptors (Lipinski definition) is 7. The van der Waals surface area contributed by atoms with E-state index in [-0.39, 0.29) is 22.8 Å². The lowest BCUT2D eigenvalue weighted by Crippen LogP contribution is -2.14. The van der Waals surface area contributed by atoms with Crippen LogP contribution in [0, 0.1) is 5.82 Å². The van der Waals surface area contributed by atoms with Crippen LogP contribution in [0.5, 0.6) is 5.88 Å². The summed E-state index contributed by atoms with van der Waals surface area (Å²) < 4.78 is 19.6. The van der Waals surface area contributed by atoms with E-state index < -0.39 is 11.7 Å². The zero-order chi connectivity index (χ0) is 19.5. The van der Waals surface area contributed by atoms with Crippen molar-refractivity contribution < 1.29 is 13.9 Å². The van der Waals surface area contributed by atoms with Gasteiger partial charge in [-0.05, 0) is 30.3 Å². The van der Waals surface area contributed by atoms with E-state index in [1.54, 1.807) is 18.2 Å². The van der Waals surface area contributed by atoms with E-state index in [0.717, 1.165) is 0 Å². The fourth-order valence-electron chi connectivity index (χ4n) is 2.61. The van der Waals surface area contributed by atoms with Crippen LogP contribution < -0.4 is 15.4 Å². The van der Waals surface area contributed by atoms with E-state index in [4.69, 9.17) is 4.74 Å². The summed E-state index contributed by atoms with van der Waals surface area (Å²) in [6.07, 6.45) is 4.32. The van der Waals surface area contributed by atoms with Gasteiger partial charge in [-0.2, -0.15) is 0 Å². The fraction of sp³-hybridized carbons (Fsp3) is 0.0556. The molecule has 0 aliphatic carbocycles. The minimum absolute atomic E-state index is 0.186. The summed E-state index contributed by atoms with van der Waals surface area (Å²) in [5, 5.41) is 5.51. The second-order valence-electron chi connectivity index (χ2n) is 5.66. The summed E-state index contributed by atoms with van der Waals surface area (Å²) in [5.41, 5.74) is 1.74. The molecule has 0 fully saturated rings. The van der Waals surface area contributed by atoms with Crippen molar-refractivity contribution in [2.45, 2.75) is 0 Å². The van der Waals surface area contributed by atoms with Crippen LogP contribution >= 0.6 is 0 Å². The van der Waals surface area contributed by atoms with Gasteiger partial charge in [0.15, 0.2) is 11.5 Å². The molecule has 28 heavy (non-hydrogen) atoms. The van der Waals surface area contributed by atoms with Gasteiger partial charge in [0.05, 0.1) is 19.1 Å². The summed E-state index contributed by atoms with van der Waals surface area (Å²) in [6.45, 7) is 0. The average molecular weight is 379 g/mol. The second-order valence-corrected chi connectivity index (χ2v) is 5.66. The largest absolute Gasteiger partial charge is 0.480 e. The lowest BCUT2D eigenvalue weighted by Gasteiger charge is -2.11. The molecule has 3 N–H and O–H groups in total. The Labute approximate surface area is 158 Å². The highest BCUT2D eigenvalue weighted by molar-refractivity contribution is 6.05. The number of anilines is 3. The maximum absolute atomic E-state index is 14.5. The van der Waals surface area contributed by atoms with Gasteiger partial charge in [-0.3, -0.25) is 4.79 Å². The number of methoxy groups -OCH3 is 1. The molecule has 1 aromatic carbocycles. The molecule has 0 radical (unpaired) electrons. The number of rotatable bonds is 5. The van der Waals surface area contributed by atoms with Gasteiger partial charge < -0.3 is 20.4 Å². The third-order valence-corrected chi connectivity index (χ3v) is 3.91. The number of hydrogen-bond donors (Lipinski definition) is 3. The number of ether oxygens (including phenoxy) is 1. The Morgan fingerprint density at radius 1 is 1.18 bits per heavy atom. The molecule has 0 saturated heterocycles. The normalized spacial score (nSPS) is 10.6. The van der Waals surface area contributed by atoms with E-state index >= 15 is 0 Å². The first-order valence-electron chi connectivity index (χ1n) is 8.16. The van der Waals surface area contributed by atoms with Crippen LogP contribution in [0.15, 0.2) is 49.2 Å². The highest BCUT2D eigenvalue weighted by atomic mass is 19.1. The standard InChI is InChI=1S/C18H14FN7O2/c1-28-18-11(3-2-6-20-18)17(27)25-10-4-5-13(12(19)7-10)26-16-14-15(22-8-21-14)23-9-24-16/h2-9H,1H3,(H,25,27)(H2,21,22,23,24,26). The summed E-state index contributed by atoms with van der Waals surface area (Å²) in [5.74, 6) is -0.452. The van der Waals surface area contributed by atoms with Crippen LogP contribution in [-0.2, 0) is 0 Å². The van der Waals surface area contributed by atoms with Gasteiger partial charge in [-0.25, -0.2) is 24.3 Å². The first kappa shape index (κ1) is 17.3. The topological polar surface area (TPSA) is 118 Å². The van der Waals surface area contributed by atoms with Gasteiger partial charge in [-0.15, -0.1) is 0 Å². The van der Waals surface area contributed by atoms with Crippen LogP contribution in [0.25, 0.3) is 11.2 Å². The van der Waals surface area contributed by atoms with Crippen LogP contribution in [0.4, 0.5) is 21.6 Å². The van der Waals surface area contributed by atoms with Gasteiger partial charge in [0.2, 0.25) is 5.88 Å². The lowest BCUT2D eigenvalue weighted by molar-refractivity contribution is 0.102. The Kier molecular flexibility index (Phi) is 4.50. The molecule has 4 rings (SSSR count). The van der Waals surface area contributed by atoms with Crippen molar-refractivity contribution in [2.75, 3.05) is 17.7 Å². The Hall–Kier alpha value is -4.08. The molecule has 0 atom stereocenters. The summed E-state index contributed by atoms with van der Waals surface area (Å²) in [6, 6.07) is 7.45. The van der Waals surface area contributed by atoms with Crippen LogP contribution in [0.1, 0.15) is 10.4 Å². The molecule has 0 saturated carbocycles. The third kappa shape index (κ3) is 3.30. The van der Waals surface area contributed by atoms with E-state index in [2.05, 4.69) is 35.6 Å². The Morgan fingerprint density at radius 2 is 2.07 bits per heavy atom. The molecule has 3 aromatic heterocycles. The first-order chi connectivity index (χ1) is 13.7. The SMILES string of the molecule is COc1ncccc1C(=O)Nc1ccc(Nc2ncnc3nc[nH]c23)c(F)c1. The molecule has 10 heteroatoms. The number of carbonyl (C=O) groups excluding carboxylic acids is 1. The molecule has 0 aliphatic heterocycles. The van der Waals surface area contributed by atoms with E-state index in [1.165, 1.54) is 38.1 Å². The minimum Gasteiger partial charge on any atom is -0.480 e. The van der Waals surface area contributed by atoms with E-state index in [9.17, 15) is 9.18 Å². The van der Waals surface area contributed by atoms with Crippen molar-refractivity contribution >= 4 is 34.3 Å². The Bertz CT molecular complexity index is 1160. The molecule has 140 valence electrons. The number of fused-ring (bicyclic) bond motifs is 1. The van der Waals surface area contributed by atoms with Crippen LogP contribution in [-0.4, -0.2) is 37.9 Å². The van der Waals surface area contributed by atoms with E-state index in [0.29, 0.717) is 17.0 Å². The number of halogens is 1. The predicted molar refractivity (Wildman–Crippen MR) is 100 cm³/mol. The maximum Gasteiger partial charge on any atom is 0.261 e. The third-order valence-electron chi connectivity index (χ3n) is 3.91. The molecule has 0 bridgehead atoms. The van der Waals surface area contributed by atoms with Crippen LogP contribution in [0.2, 0.25) is 0 Å². The fourth-order valence-corrected chi connectivity index (χ4v) is 2.61. The van der Waals surface area contributed by atoms with Crippen molar-refractivity contribution in [3.05, 3.63) is 60.6 Å². The molecule has 3 heterocycles. The van der Waals surface area contributed by atoms with Crippen molar-refractivity contribution in [1.82, 2.24) is 24.9 Å². The predicted octanol–water partition coefficient (Wildman–Crippen LogP) is 2.89. The monoisotopic (exact) mass is 379 g/mol. The number of nitrogens with zero attached hydrogens (tertiary/aromatic N) is 4. The number of pyridine rings is 1. The number of imidazole rings is 1. The molecule has 0 unspecified atom stereocenters. The van der Waals surface area contributed by atoms with Crippen LogP contribution in [0.3, 0.4) is 0 Å². The van der Waals surface area contributed by atoms with Gasteiger partial charge in [-0.1, -0.05) is 0 Å². The number of H-pyrrole nitrogens is 1. The van der Waals surface area contributed by atoms with Gasteiger partial charge in [0.25, 0.3) is 5.91 Å². The average Bonchev–Trinajstić information content (AvgIpc) is 3.20. The summed E-state index contributed by atoms with van der Waals surface area (Å²) >= 11 is 0. The zero-order valence-corrected chi connectivity index (χ0v) is 14.6. The quantitative estimate of drug-likeness (QED) is 0.488. The molecule has 9 nitrogen and oxygen atoms in total. The number of aromatic amines is 1. The lowest BCUT2D eigenvalue weighted by atomic mass is 10.2. The second kappa shape index (κ2) is 7.27. The molecular formula is C18H14FN7O2. The van der Waals surface area contributed by atoms with Crippen molar-refractivity contribution in [3.8, 4) is 5.88 Å². The van der Waals surface area contributed by atoms with Crippen molar-refractivity contribution in [3.63, 3.8) is 0 Å². The minimum atomic E-state index is -0.567. The van der Waals surface area contributed by atoms with Gasteiger partial charge in [0.1, 0.15) is 23.2 Å². The van der Waals surface area contributed by atoms with E-state index in [1.807, 2.05) is 0 Å². The first-order valence-corrected chi connectivity index (χ1v) is 8.16. The highest BCUT2D eigenvalue weighted by Crippen LogP contribution is 2.25. The highest BCUT2D eigenvalue weighted by Gasteiger charge is 2.14. The number of amides is 1. The zero-order valence-electron chi connectivity index (χ0n) is 14.6. The summed E-state index contributed by atoms with van der Waals surface area (Å²) in [4.78, 5) is 31.4. The van der Waals surface area contributed by atoms with Gasteiger partial charge in [0, 0.05) is 11.9 Å². The number of carbonyl (C=O) groups is 1. The molecule has 1 amide bonds. The number of nitrogens with one attached hydrogen (secondary N) is 3. The van der Waals surface area contributed by atoms with Gasteiger partial charge >= 0.3 is 0 Å². The number of benzene rings is 1. The Morgan fingerprint density at radius 3 is 2.89 bits per heavy atom. The molecule has 4 aromatic rings. The molecule has 0 spiro atoms. The van der Waals surface area contributed by atoms with Crippen molar-refractivity contribution in [1.29, 1.82) is 0 Å². The number of aromatic nitrogens is 5. The Balaban J connectivity index is 1.55. The summed E-state index contributed by atoms with van der Waals surface area (Å²) in [7, 11) is 1.42.